The van der Waals surface area contributed by atoms with Gasteiger partial charge in [0.1, 0.15) is 5.82 Å². The monoisotopic (exact) mass is 423 g/mol. The predicted octanol–water partition coefficient (Wildman–Crippen LogP) is 3.54. The number of amides is 1. The van der Waals surface area contributed by atoms with E-state index in [1.807, 2.05) is 0 Å². The van der Waals surface area contributed by atoms with Crippen LogP contribution in [0.25, 0.3) is 10.2 Å². The van der Waals surface area contributed by atoms with Crippen molar-refractivity contribution in [2.24, 2.45) is 0 Å². The number of nitrogens with one attached hydrogen (secondary N) is 1. The van der Waals surface area contributed by atoms with Crippen molar-refractivity contribution in [1.82, 2.24) is 4.98 Å². The van der Waals surface area contributed by atoms with E-state index in [4.69, 9.17) is 0 Å². The summed E-state index contributed by atoms with van der Waals surface area (Å²) in [5.74, 6) is -1.19. The van der Waals surface area contributed by atoms with Gasteiger partial charge in [0.05, 0.1) is 25.8 Å². The number of hydrogen-bond donors (Lipinski definition) is 1. The number of hydrogen-bond acceptors (Lipinski definition) is 7. The van der Waals surface area contributed by atoms with Gasteiger partial charge in [0.15, 0.2) is 15.0 Å². The molecule has 0 unspecified atom stereocenters. The van der Waals surface area contributed by atoms with Crippen molar-refractivity contribution in [3.63, 3.8) is 0 Å². The molecule has 0 fully saturated rings. The third-order valence-electron chi connectivity index (χ3n) is 3.82. The first-order chi connectivity index (χ1) is 13.2. The summed E-state index contributed by atoms with van der Waals surface area (Å²) in [7, 11) is -3.60. The molecule has 0 aliphatic rings. The molecule has 0 radical (unpaired) electrons. The second-order valence-electron chi connectivity index (χ2n) is 5.85. The lowest BCUT2D eigenvalue weighted by atomic mass is 10.3. The molecule has 0 atom stereocenters. The van der Waals surface area contributed by atoms with Gasteiger partial charge in [0.25, 0.3) is 5.69 Å². The summed E-state index contributed by atoms with van der Waals surface area (Å²) in [6.07, 6.45) is 0.0401. The fourth-order valence-electron chi connectivity index (χ4n) is 2.44. The number of halogens is 1. The normalized spacial score (nSPS) is 11.5. The maximum Gasteiger partial charge on any atom is 0.270 e. The molecule has 0 spiro atoms. The molecule has 1 heterocycles. The molecule has 0 bridgehead atoms. The first-order valence-corrected chi connectivity index (χ1v) is 10.5. The number of carbonyl (C=O) groups is 1. The first-order valence-electron chi connectivity index (χ1n) is 8.08. The highest BCUT2D eigenvalue weighted by Crippen LogP contribution is 2.29. The van der Waals surface area contributed by atoms with Crippen molar-refractivity contribution in [1.29, 1.82) is 0 Å². The molecule has 0 aliphatic carbocycles. The molecule has 146 valence electrons. The van der Waals surface area contributed by atoms with E-state index in [-0.39, 0.29) is 34.3 Å². The van der Waals surface area contributed by atoms with Crippen LogP contribution in [-0.4, -0.2) is 30.0 Å². The Morgan fingerprint density at radius 2 is 1.93 bits per heavy atom. The van der Waals surface area contributed by atoms with Crippen molar-refractivity contribution in [2.45, 2.75) is 17.7 Å². The third-order valence-corrected chi connectivity index (χ3v) is 6.57. The second-order valence-corrected chi connectivity index (χ2v) is 8.99. The van der Waals surface area contributed by atoms with E-state index in [0.29, 0.717) is 10.2 Å². The maximum atomic E-state index is 12.9. The Morgan fingerprint density at radius 3 is 2.61 bits per heavy atom. The van der Waals surface area contributed by atoms with Crippen LogP contribution in [0.3, 0.4) is 0 Å². The summed E-state index contributed by atoms with van der Waals surface area (Å²) < 4.78 is 37.8. The van der Waals surface area contributed by atoms with Crippen LogP contribution in [0.4, 0.5) is 15.2 Å². The number of rotatable bonds is 7. The van der Waals surface area contributed by atoms with Crippen LogP contribution in [0.15, 0.2) is 47.4 Å². The number of anilines is 1. The minimum absolute atomic E-state index is 0.00192. The summed E-state index contributed by atoms with van der Waals surface area (Å²) >= 11 is 1.09. The number of fused-ring (bicyclic) bond motifs is 1. The van der Waals surface area contributed by atoms with Crippen LogP contribution < -0.4 is 5.32 Å². The predicted molar refractivity (Wildman–Crippen MR) is 103 cm³/mol. The lowest BCUT2D eigenvalue weighted by Gasteiger charge is -2.04. The van der Waals surface area contributed by atoms with Crippen molar-refractivity contribution >= 4 is 48.1 Å². The number of thiazole rings is 1. The molecule has 28 heavy (non-hydrogen) atoms. The number of nitrogens with zero attached hydrogens (tertiary/aromatic N) is 2. The van der Waals surface area contributed by atoms with E-state index in [0.717, 1.165) is 23.5 Å². The highest BCUT2D eigenvalue weighted by Gasteiger charge is 2.16. The van der Waals surface area contributed by atoms with E-state index < -0.39 is 26.5 Å². The van der Waals surface area contributed by atoms with Crippen LogP contribution in [0, 0.1) is 15.9 Å². The van der Waals surface area contributed by atoms with Gasteiger partial charge < -0.3 is 5.32 Å². The van der Waals surface area contributed by atoms with Gasteiger partial charge >= 0.3 is 0 Å². The Kier molecular flexibility index (Phi) is 5.66. The van der Waals surface area contributed by atoms with Gasteiger partial charge in [0.2, 0.25) is 5.91 Å². The third kappa shape index (κ3) is 4.67. The molecule has 0 saturated carbocycles. The standard InChI is InChI=1S/C17H14FN3O5S2/c18-11-3-6-13(7-4-11)28(25,26)9-1-2-16(22)20-17-19-14-8-5-12(21(23)24)10-15(14)27-17/h3-8,10H,1-2,9H2,(H,19,20,22). The Balaban J connectivity index is 1.57. The van der Waals surface area contributed by atoms with E-state index in [1.54, 1.807) is 0 Å². The zero-order chi connectivity index (χ0) is 20.3. The lowest BCUT2D eigenvalue weighted by molar-refractivity contribution is -0.384. The molecule has 1 aromatic heterocycles. The highest BCUT2D eigenvalue weighted by atomic mass is 32.2. The Bertz CT molecular complexity index is 1140. The quantitative estimate of drug-likeness (QED) is 0.353. The fourth-order valence-corrected chi connectivity index (χ4v) is 4.67. The summed E-state index contributed by atoms with van der Waals surface area (Å²) in [6, 6.07) is 8.70. The van der Waals surface area contributed by atoms with Crippen molar-refractivity contribution in [3.05, 3.63) is 58.4 Å². The number of sulfone groups is 1. The van der Waals surface area contributed by atoms with Crippen molar-refractivity contribution in [2.75, 3.05) is 11.1 Å². The SMILES string of the molecule is O=C(CCCS(=O)(=O)c1ccc(F)cc1)Nc1nc2ccc([N+](=O)[O-])cc2s1. The van der Waals surface area contributed by atoms with Gasteiger partial charge in [-0.15, -0.1) is 0 Å². The summed E-state index contributed by atoms with van der Waals surface area (Å²) in [5.41, 5.74) is 0.449. The largest absolute Gasteiger partial charge is 0.302 e. The zero-order valence-corrected chi connectivity index (χ0v) is 15.9. The van der Waals surface area contributed by atoms with E-state index in [2.05, 4.69) is 10.3 Å². The van der Waals surface area contributed by atoms with Gasteiger partial charge in [-0.25, -0.2) is 17.8 Å². The van der Waals surface area contributed by atoms with E-state index >= 15 is 0 Å². The molecular formula is C17H14FN3O5S2. The molecule has 0 saturated heterocycles. The topological polar surface area (TPSA) is 119 Å². The zero-order valence-electron chi connectivity index (χ0n) is 14.3. The van der Waals surface area contributed by atoms with Crippen LogP contribution in [-0.2, 0) is 14.6 Å². The number of aromatic nitrogens is 1. The number of carbonyl (C=O) groups excluding carboxylic acids is 1. The number of nitro groups is 1. The van der Waals surface area contributed by atoms with Gasteiger partial charge in [-0.2, -0.15) is 0 Å². The van der Waals surface area contributed by atoms with Gasteiger partial charge in [0, 0.05) is 18.6 Å². The maximum absolute atomic E-state index is 12.9. The molecule has 8 nitrogen and oxygen atoms in total. The molecule has 1 N–H and O–H groups in total. The number of non-ortho nitro benzene ring substituents is 1. The smallest absolute Gasteiger partial charge is 0.270 e. The summed E-state index contributed by atoms with van der Waals surface area (Å²) in [5, 5.41) is 13.6. The van der Waals surface area contributed by atoms with Crippen molar-refractivity contribution < 1.29 is 22.5 Å². The minimum atomic E-state index is -3.60. The average Bonchev–Trinajstić information content (AvgIpc) is 3.03. The Hall–Kier alpha value is -2.92. The number of benzene rings is 2. The van der Waals surface area contributed by atoms with Crippen molar-refractivity contribution in [3.8, 4) is 0 Å². The van der Waals surface area contributed by atoms with Crippen LogP contribution in [0.1, 0.15) is 12.8 Å². The molecule has 1 amide bonds. The Morgan fingerprint density at radius 1 is 1.21 bits per heavy atom. The lowest BCUT2D eigenvalue weighted by Crippen LogP contribution is -2.14. The summed E-state index contributed by atoms with van der Waals surface area (Å²) in [4.78, 5) is 26.5. The average molecular weight is 423 g/mol. The molecule has 0 aliphatic heterocycles. The van der Waals surface area contributed by atoms with E-state index in [1.165, 1.54) is 30.3 Å². The first kappa shape index (κ1) is 19.8. The number of nitro benzene ring substituents is 1. The van der Waals surface area contributed by atoms with Crippen LogP contribution in [0.5, 0.6) is 0 Å². The highest BCUT2D eigenvalue weighted by molar-refractivity contribution is 7.91. The molecule has 3 rings (SSSR count). The van der Waals surface area contributed by atoms with Gasteiger partial charge in [-0.05, 0) is 36.8 Å². The summed E-state index contributed by atoms with van der Waals surface area (Å²) in [6.45, 7) is 0. The van der Waals surface area contributed by atoms with E-state index in [9.17, 15) is 27.7 Å². The Labute approximate surface area is 163 Å². The van der Waals surface area contributed by atoms with Gasteiger partial charge in [-0.1, -0.05) is 11.3 Å². The molecule has 2 aromatic carbocycles. The van der Waals surface area contributed by atoms with Crippen LogP contribution >= 0.6 is 11.3 Å². The minimum Gasteiger partial charge on any atom is -0.302 e. The molecule has 3 aromatic rings. The molecule has 11 heteroatoms. The van der Waals surface area contributed by atoms with Gasteiger partial charge in [-0.3, -0.25) is 14.9 Å². The second kappa shape index (κ2) is 7.98. The molecular weight excluding hydrogens is 409 g/mol. The van der Waals surface area contributed by atoms with Crippen LogP contribution in [0.2, 0.25) is 0 Å². The fraction of sp³-hybridized carbons (Fsp3) is 0.176.